The molecule has 1 heterocycles. The highest BCUT2D eigenvalue weighted by Gasteiger charge is 2.36. The predicted molar refractivity (Wildman–Crippen MR) is 66.8 cm³/mol. The average Bonchev–Trinajstić information content (AvgIpc) is 2.79. The molecule has 1 N–H and O–H groups in total. The molecule has 1 fully saturated rings. The van der Waals surface area contributed by atoms with Crippen LogP contribution in [0.3, 0.4) is 0 Å². The summed E-state index contributed by atoms with van der Waals surface area (Å²) in [7, 11) is 1.64. The van der Waals surface area contributed by atoms with E-state index in [1.165, 1.54) is 6.07 Å². The summed E-state index contributed by atoms with van der Waals surface area (Å²) < 4.78 is 18.8. The van der Waals surface area contributed by atoms with Crippen LogP contribution in [0.4, 0.5) is 4.39 Å². The van der Waals surface area contributed by atoms with Gasteiger partial charge in [-0.15, -0.1) is 0 Å². The van der Waals surface area contributed by atoms with Crippen molar-refractivity contribution < 1.29 is 9.13 Å². The van der Waals surface area contributed by atoms with Gasteiger partial charge in [-0.05, 0) is 44.0 Å². The maximum atomic E-state index is 13.5. The first-order valence-electron chi connectivity index (χ1n) is 6.31. The highest BCUT2D eigenvalue weighted by atomic mass is 19.1. The van der Waals surface area contributed by atoms with Gasteiger partial charge in [0.05, 0.1) is 7.11 Å². The van der Waals surface area contributed by atoms with Gasteiger partial charge < -0.3 is 10.1 Å². The second-order valence-electron chi connectivity index (χ2n) is 4.71. The number of methoxy groups -OCH3 is 1. The minimum absolute atomic E-state index is 0.0950. The third kappa shape index (κ3) is 2.29. The monoisotopic (exact) mass is 237 g/mol. The minimum atomic E-state index is -0.190. The molecule has 0 aromatic heterocycles. The number of halogens is 1. The van der Waals surface area contributed by atoms with Gasteiger partial charge in [-0.25, -0.2) is 4.39 Å². The van der Waals surface area contributed by atoms with Crippen molar-refractivity contribution in [3.05, 3.63) is 29.6 Å². The molecule has 0 amide bonds. The van der Waals surface area contributed by atoms with Gasteiger partial charge in [0.15, 0.2) is 0 Å². The first-order valence-corrected chi connectivity index (χ1v) is 6.31. The molecular formula is C14H20FNO. The summed E-state index contributed by atoms with van der Waals surface area (Å²) in [5.41, 5.74) is 0.877. The lowest BCUT2D eigenvalue weighted by atomic mass is 9.83. The topological polar surface area (TPSA) is 21.3 Å². The Morgan fingerprint density at radius 1 is 1.47 bits per heavy atom. The van der Waals surface area contributed by atoms with Gasteiger partial charge in [0.1, 0.15) is 11.6 Å². The third-order valence-electron chi connectivity index (χ3n) is 3.60. The Morgan fingerprint density at radius 2 is 2.29 bits per heavy atom. The van der Waals surface area contributed by atoms with Crippen LogP contribution < -0.4 is 10.1 Å². The molecule has 0 aliphatic carbocycles. The zero-order chi connectivity index (χ0) is 12.3. The number of ether oxygens (including phenoxy) is 1. The molecule has 1 aliphatic rings. The van der Waals surface area contributed by atoms with Crippen molar-refractivity contribution in [2.75, 3.05) is 13.7 Å². The molecule has 0 spiro atoms. The molecule has 0 radical (unpaired) electrons. The largest absolute Gasteiger partial charge is 0.496 e. The molecule has 1 aromatic rings. The van der Waals surface area contributed by atoms with Gasteiger partial charge in [0, 0.05) is 11.1 Å². The van der Waals surface area contributed by atoms with Crippen molar-refractivity contribution in [3.8, 4) is 5.75 Å². The Hall–Kier alpha value is -1.09. The van der Waals surface area contributed by atoms with Gasteiger partial charge in [0.25, 0.3) is 0 Å². The first kappa shape index (κ1) is 12.4. The fraction of sp³-hybridized carbons (Fsp3) is 0.571. The zero-order valence-corrected chi connectivity index (χ0v) is 10.6. The number of hydrogen-bond donors (Lipinski definition) is 1. The summed E-state index contributed by atoms with van der Waals surface area (Å²) in [4.78, 5) is 0. The van der Waals surface area contributed by atoms with E-state index < -0.39 is 0 Å². The fourth-order valence-corrected chi connectivity index (χ4v) is 2.87. The summed E-state index contributed by atoms with van der Waals surface area (Å²) >= 11 is 0. The Balaban J connectivity index is 2.44. The minimum Gasteiger partial charge on any atom is -0.496 e. The van der Waals surface area contributed by atoms with Crippen molar-refractivity contribution in [3.63, 3.8) is 0 Å². The van der Waals surface area contributed by atoms with Gasteiger partial charge in [-0.1, -0.05) is 13.3 Å². The van der Waals surface area contributed by atoms with E-state index in [-0.39, 0.29) is 11.4 Å². The Kier molecular flexibility index (Phi) is 3.67. The van der Waals surface area contributed by atoms with Gasteiger partial charge in [0.2, 0.25) is 0 Å². The van der Waals surface area contributed by atoms with E-state index in [0.717, 1.165) is 43.5 Å². The molecule has 94 valence electrons. The maximum Gasteiger partial charge on any atom is 0.124 e. The van der Waals surface area contributed by atoms with E-state index in [2.05, 4.69) is 12.2 Å². The average molecular weight is 237 g/mol. The van der Waals surface area contributed by atoms with Crippen molar-refractivity contribution in [1.29, 1.82) is 0 Å². The van der Waals surface area contributed by atoms with Crippen LogP contribution in [0.5, 0.6) is 5.75 Å². The molecule has 2 nitrogen and oxygen atoms in total. The molecule has 0 saturated carbocycles. The van der Waals surface area contributed by atoms with Crippen LogP contribution in [-0.2, 0) is 5.54 Å². The van der Waals surface area contributed by atoms with Crippen LogP contribution in [0.15, 0.2) is 18.2 Å². The summed E-state index contributed by atoms with van der Waals surface area (Å²) in [6.45, 7) is 3.16. The summed E-state index contributed by atoms with van der Waals surface area (Å²) in [6.07, 6.45) is 4.29. The smallest absolute Gasteiger partial charge is 0.124 e. The SMILES string of the molecule is CCCC1(c2cc(F)ccc2OC)CCCN1. The molecule has 1 saturated heterocycles. The lowest BCUT2D eigenvalue weighted by Gasteiger charge is -2.31. The van der Waals surface area contributed by atoms with E-state index in [1.54, 1.807) is 19.2 Å². The van der Waals surface area contributed by atoms with E-state index in [1.807, 2.05) is 0 Å². The fourth-order valence-electron chi connectivity index (χ4n) is 2.87. The highest BCUT2D eigenvalue weighted by Crippen LogP contribution is 2.40. The maximum absolute atomic E-state index is 13.5. The van der Waals surface area contributed by atoms with Gasteiger partial charge >= 0.3 is 0 Å². The van der Waals surface area contributed by atoms with Crippen molar-refractivity contribution >= 4 is 0 Å². The van der Waals surface area contributed by atoms with Crippen molar-refractivity contribution in [2.45, 2.75) is 38.1 Å². The van der Waals surface area contributed by atoms with Crippen LogP contribution in [0.25, 0.3) is 0 Å². The normalized spacial score (nSPS) is 23.9. The third-order valence-corrected chi connectivity index (χ3v) is 3.60. The van der Waals surface area contributed by atoms with E-state index in [0.29, 0.717) is 0 Å². The number of nitrogens with one attached hydrogen (secondary N) is 1. The molecule has 2 rings (SSSR count). The van der Waals surface area contributed by atoms with Crippen LogP contribution in [0.1, 0.15) is 38.2 Å². The molecule has 1 aliphatic heterocycles. The van der Waals surface area contributed by atoms with E-state index >= 15 is 0 Å². The molecule has 3 heteroatoms. The first-order chi connectivity index (χ1) is 8.22. The second kappa shape index (κ2) is 5.05. The number of hydrogen-bond acceptors (Lipinski definition) is 2. The van der Waals surface area contributed by atoms with Crippen LogP contribution in [0, 0.1) is 5.82 Å². The molecule has 17 heavy (non-hydrogen) atoms. The van der Waals surface area contributed by atoms with Gasteiger partial charge in [-0.3, -0.25) is 0 Å². The summed E-state index contributed by atoms with van der Waals surface area (Å²) in [5.74, 6) is 0.597. The van der Waals surface area contributed by atoms with Crippen molar-refractivity contribution in [1.82, 2.24) is 5.32 Å². The molecular weight excluding hydrogens is 217 g/mol. The Labute approximate surface area is 102 Å². The standard InChI is InChI=1S/C14H20FNO/c1-3-7-14(8-4-9-16-14)12-10-11(15)5-6-13(12)17-2/h5-6,10,16H,3-4,7-9H2,1-2H3. The number of rotatable bonds is 4. The van der Waals surface area contributed by atoms with Crippen molar-refractivity contribution in [2.24, 2.45) is 0 Å². The quantitative estimate of drug-likeness (QED) is 0.868. The van der Waals surface area contributed by atoms with E-state index in [9.17, 15) is 4.39 Å². The molecule has 1 unspecified atom stereocenters. The molecule has 1 atom stereocenters. The van der Waals surface area contributed by atoms with E-state index in [4.69, 9.17) is 4.74 Å². The number of benzene rings is 1. The summed E-state index contributed by atoms with van der Waals surface area (Å²) in [5, 5.41) is 3.54. The summed E-state index contributed by atoms with van der Waals surface area (Å²) in [6, 6.07) is 4.80. The molecule has 0 bridgehead atoms. The predicted octanol–water partition coefficient (Wildman–Crippen LogP) is 3.21. The lowest BCUT2D eigenvalue weighted by Crippen LogP contribution is -2.37. The lowest BCUT2D eigenvalue weighted by molar-refractivity contribution is 0.327. The van der Waals surface area contributed by atoms with Crippen LogP contribution in [0.2, 0.25) is 0 Å². The Bertz CT molecular complexity index is 386. The van der Waals surface area contributed by atoms with Crippen LogP contribution >= 0.6 is 0 Å². The zero-order valence-electron chi connectivity index (χ0n) is 10.6. The Morgan fingerprint density at radius 3 is 2.88 bits per heavy atom. The van der Waals surface area contributed by atoms with Crippen LogP contribution in [-0.4, -0.2) is 13.7 Å². The second-order valence-corrected chi connectivity index (χ2v) is 4.71. The molecule has 1 aromatic carbocycles. The van der Waals surface area contributed by atoms with Gasteiger partial charge in [-0.2, -0.15) is 0 Å². The highest BCUT2D eigenvalue weighted by molar-refractivity contribution is 5.40.